The molecule has 4 aromatic rings. The molecule has 0 radical (unpaired) electrons. The molecule has 1 aliphatic heterocycles. The summed E-state index contributed by atoms with van der Waals surface area (Å²) in [5.74, 6) is -0.0101. The van der Waals surface area contributed by atoms with E-state index in [0.29, 0.717) is 23.7 Å². The van der Waals surface area contributed by atoms with E-state index >= 15 is 0 Å². The number of aryl methyl sites for hydroxylation is 1. The Morgan fingerprint density at radius 1 is 1.09 bits per heavy atom. The van der Waals surface area contributed by atoms with Gasteiger partial charge >= 0.3 is 0 Å². The van der Waals surface area contributed by atoms with Gasteiger partial charge in [0.15, 0.2) is 5.43 Å². The number of carbonyl (C=O) groups is 1. The molecule has 0 fully saturated rings. The first kappa shape index (κ1) is 19.9. The van der Waals surface area contributed by atoms with E-state index in [9.17, 15) is 14.0 Å². The summed E-state index contributed by atoms with van der Waals surface area (Å²) in [7, 11) is 0. The number of fused-ring (bicyclic) bond motifs is 2. The number of benzene rings is 2. The summed E-state index contributed by atoms with van der Waals surface area (Å²) in [4.78, 5) is 32.9. The fraction of sp³-hybridized carbons (Fsp3) is 0.160. The Morgan fingerprint density at radius 3 is 2.59 bits per heavy atom. The second kappa shape index (κ2) is 7.60. The van der Waals surface area contributed by atoms with Gasteiger partial charge in [-0.15, -0.1) is 0 Å². The van der Waals surface area contributed by atoms with Crippen LogP contribution in [-0.4, -0.2) is 17.5 Å². The number of ether oxygens (including phenoxy) is 1. The molecule has 0 spiro atoms. The zero-order valence-corrected chi connectivity index (χ0v) is 17.5. The molecule has 3 heterocycles. The SMILES string of the molecule is CCOc1ccc(C2c3c(oc4ccc(F)cc4c3=O)C(=O)N2c2cccc(C)n2)cc1. The average Bonchev–Trinajstić information content (AvgIpc) is 3.08. The molecule has 6 nitrogen and oxygen atoms in total. The summed E-state index contributed by atoms with van der Waals surface area (Å²) in [5.41, 5.74) is 1.30. The predicted molar refractivity (Wildman–Crippen MR) is 118 cm³/mol. The maximum Gasteiger partial charge on any atom is 0.296 e. The molecule has 0 N–H and O–H groups in total. The predicted octanol–water partition coefficient (Wildman–Crippen LogP) is 4.78. The average molecular weight is 430 g/mol. The van der Waals surface area contributed by atoms with Crippen molar-refractivity contribution in [1.82, 2.24) is 4.98 Å². The minimum absolute atomic E-state index is 0.0590. The first-order valence-corrected chi connectivity index (χ1v) is 10.2. The molecule has 0 saturated heterocycles. The van der Waals surface area contributed by atoms with Crippen LogP contribution >= 0.6 is 0 Å². The number of nitrogens with zero attached hydrogens (tertiary/aromatic N) is 2. The van der Waals surface area contributed by atoms with Crippen molar-refractivity contribution in [2.24, 2.45) is 0 Å². The molecular weight excluding hydrogens is 411 g/mol. The number of aromatic nitrogens is 1. The van der Waals surface area contributed by atoms with Crippen LogP contribution in [-0.2, 0) is 0 Å². The van der Waals surface area contributed by atoms with Crippen LogP contribution in [0.4, 0.5) is 10.2 Å². The van der Waals surface area contributed by atoms with Crippen molar-refractivity contribution in [3.05, 3.63) is 99.3 Å². The van der Waals surface area contributed by atoms with Crippen molar-refractivity contribution in [1.29, 1.82) is 0 Å². The number of halogens is 1. The van der Waals surface area contributed by atoms with Gasteiger partial charge in [-0.3, -0.25) is 14.5 Å². The largest absolute Gasteiger partial charge is 0.494 e. The molecule has 1 amide bonds. The van der Waals surface area contributed by atoms with E-state index in [2.05, 4.69) is 4.98 Å². The summed E-state index contributed by atoms with van der Waals surface area (Å²) < 4.78 is 25.2. The van der Waals surface area contributed by atoms with Crippen molar-refractivity contribution >= 4 is 22.7 Å². The lowest BCUT2D eigenvalue weighted by atomic mass is 9.98. The number of rotatable bonds is 4. The molecule has 0 aliphatic carbocycles. The van der Waals surface area contributed by atoms with Gasteiger partial charge in [-0.1, -0.05) is 18.2 Å². The lowest BCUT2D eigenvalue weighted by molar-refractivity contribution is 0.0970. The molecule has 1 aliphatic rings. The molecule has 1 unspecified atom stereocenters. The van der Waals surface area contributed by atoms with Crippen molar-refractivity contribution in [2.75, 3.05) is 11.5 Å². The highest BCUT2D eigenvalue weighted by molar-refractivity contribution is 6.10. The Bertz CT molecular complexity index is 1410. The van der Waals surface area contributed by atoms with Gasteiger partial charge in [-0.2, -0.15) is 0 Å². The van der Waals surface area contributed by atoms with Gasteiger partial charge in [0.2, 0.25) is 5.76 Å². The zero-order valence-electron chi connectivity index (χ0n) is 17.5. The smallest absolute Gasteiger partial charge is 0.296 e. The Balaban J connectivity index is 1.77. The van der Waals surface area contributed by atoms with E-state index in [1.807, 2.05) is 19.9 Å². The Labute approximate surface area is 182 Å². The molecule has 7 heteroatoms. The van der Waals surface area contributed by atoms with Gasteiger partial charge in [0.05, 0.1) is 23.6 Å². The Hall–Kier alpha value is -4.00. The lowest BCUT2D eigenvalue weighted by Gasteiger charge is -2.24. The number of amides is 1. The lowest BCUT2D eigenvalue weighted by Crippen LogP contribution is -2.30. The van der Waals surface area contributed by atoms with Crippen LogP contribution in [0.1, 0.15) is 40.3 Å². The van der Waals surface area contributed by atoms with E-state index in [1.165, 1.54) is 17.0 Å². The normalized spacial score (nSPS) is 15.3. The van der Waals surface area contributed by atoms with Crippen molar-refractivity contribution < 1.29 is 18.3 Å². The van der Waals surface area contributed by atoms with Crippen LogP contribution in [0.3, 0.4) is 0 Å². The Kier molecular flexibility index (Phi) is 4.74. The fourth-order valence-electron chi connectivity index (χ4n) is 4.07. The summed E-state index contributed by atoms with van der Waals surface area (Å²) in [6.45, 7) is 4.23. The van der Waals surface area contributed by atoms with Crippen LogP contribution in [0, 0.1) is 12.7 Å². The molecule has 32 heavy (non-hydrogen) atoms. The number of carbonyl (C=O) groups excluding carboxylic acids is 1. The quantitative estimate of drug-likeness (QED) is 0.466. The van der Waals surface area contributed by atoms with E-state index in [1.54, 1.807) is 36.4 Å². The van der Waals surface area contributed by atoms with Crippen LogP contribution in [0.5, 0.6) is 5.75 Å². The highest BCUT2D eigenvalue weighted by Crippen LogP contribution is 2.41. The first-order chi connectivity index (χ1) is 15.5. The number of hydrogen-bond donors (Lipinski definition) is 0. The van der Waals surface area contributed by atoms with Crippen LogP contribution < -0.4 is 15.1 Å². The van der Waals surface area contributed by atoms with E-state index in [-0.39, 0.29) is 22.3 Å². The fourth-order valence-corrected chi connectivity index (χ4v) is 4.07. The molecule has 0 saturated carbocycles. The molecule has 0 bridgehead atoms. The van der Waals surface area contributed by atoms with Gasteiger partial charge in [0, 0.05) is 5.69 Å². The van der Waals surface area contributed by atoms with Crippen molar-refractivity contribution in [2.45, 2.75) is 19.9 Å². The molecule has 2 aromatic carbocycles. The summed E-state index contributed by atoms with van der Waals surface area (Å²) in [6.07, 6.45) is 0. The molecular formula is C25H19FN2O4. The monoisotopic (exact) mass is 430 g/mol. The van der Waals surface area contributed by atoms with Gasteiger partial charge in [-0.05, 0) is 61.9 Å². The molecule has 160 valence electrons. The van der Waals surface area contributed by atoms with E-state index < -0.39 is 23.2 Å². The second-order valence-electron chi connectivity index (χ2n) is 7.53. The van der Waals surface area contributed by atoms with Crippen LogP contribution in [0.2, 0.25) is 0 Å². The van der Waals surface area contributed by atoms with Gasteiger partial charge < -0.3 is 9.15 Å². The van der Waals surface area contributed by atoms with Gasteiger partial charge in [-0.25, -0.2) is 9.37 Å². The van der Waals surface area contributed by atoms with Crippen LogP contribution in [0.25, 0.3) is 11.0 Å². The standard InChI is InChI=1S/C25H19FN2O4/c1-3-31-17-10-7-15(8-11-17)22-21-23(29)18-13-16(26)9-12-19(18)32-24(21)25(30)28(22)20-6-4-5-14(2)27-20/h4-13,22H,3H2,1-2H3. The summed E-state index contributed by atoms with van der Waals surface area (Å²) in [6, 6.07) is 15.4. The third kappa shape index (κ3) is 3.13. The van der Waals surface area contributed by atoms with Gasteiger partial charge in [0.1, 0.15) is 23.0 Å². The number of pyridine rings is 1. The Morgan fingerprint density at radius 2 is 1.88 bits per heavy atom. The maximum atomic E-state index is 13.9. The second-order valence-corrected chi connectivity index (χ2v) is 7.53. The van der Waals surface area contributed by atoms with E-state index in [0.717, 1.165) is 11.8 Å². The third-order valence-electron chi connectivity index (χ3n) is 5.46. The van der Waals surface area contributed by atoms with E-state index in [4.69, 9.17) is 9.15 Å². The summed E-state index contributed by atoms with van der Waals surface area (Å²) >= 11 is 0. The third-order valence-corrected chi connectivity index (χ3v) is 5.46. The minimum atomic E-state index is -0.772. The highest BCUT2D eigenvalue weighted by Gasteiger charge is 2.44. The molecule has 5 rings (SSSR count). The topological polar surface area (TPSA) is 72.6 Å². The zero-order chi connectivity index (χ0) is 22.4. The summed E-state index contributed by atoms with van der Waals surface area (Å²) in [5, 5.41) is 0.0894. The molecule has 1 atom stereocenters. The molecule has 2 aromatic heterocycles. The maximum absolute atomic E-state index is 13.9. The van der Waals surface area contributed by atoms with Crippen molar-refractivity contribution in [3.63, 3.8) is 0 Å². The van der Waals surface area contributed by atoms with Crippen molar-refractivity contribution in [3.8, 4) is 5.75 Å². The highest BCUT2D eigenvalue weighted by atomic mass is 19.1. The minimum Gasteiger partial charge on any atom is -0.494 e. The van der Waals surface area contributed by atoms with Gasteiger partial charge in [0.25, 0.3) is 5.91 Å². The van der Waals surface area contributed by atoms with Crippen LogP contribution in [0.15, 0.2) is 69.9 Å². The number of hydrogen-bond acceptors (Lipinski definition) is 5. The first-order valence-electron chi connectivity index (χ1n) is 10.2. The number of anilines is 1.